The first-order valence-electron chi connectivity index (χ1n) is 6.91. The lowest BCUT2D eigenvalue weighted by molar-refractivity contribution is 0.397. The Morgan fingerprint density at radius 2 is 0.955 bits per heavy atom. The summed E-state index contributed by atoms with van der Waals surface area (Å²) in [7, 11) is 6.61. The van der Waals surface area contributed by atoms with E-state index in [0.717, 1.165) is 44.5 Å². The van der Waals surface area contributed by atoms with Crippen LogP contribution in [0.25, 0.3) is 21.5 Å². The van der Waals surface area contributed by atoms with Crippen LogP contribution in [0.15, 0.2) is 36.4 Å². The minimum atomic E-state index is 0.763. The fourth-order valence-corrected chi connectivity index (χ4v) is 2.68. The summed E-state index contributed by atoms with van der Waals surface area (Å²) in [5.41, 5.74) is 0. The average molecular weight is 298 g/mol. The van der Waals surface area contributed by atoms with Gasteiger partial charge in [0.15, 0.2) is 0 Å². The quantitative estimate of drug-likeness (QED) is 0.682. The minimum Gasteiger partial charge on any atom is -0.497 e. The highest BCUT2D eigenvalue weighted by atomic mass is 16.5. The molecule has 0 heterocycles. The average Bonchev–Trinajstić information content (AvgIpc) is 2.57. The zero-order valence-corrected chi connectivity index (χ0v) is 13.1. The molecule has 0 radical (unpaired) electrons. The third-order valence-electron chi connectivity index (χ3n) is 3.81. The van der Waals surface area contributed by atoms with E-state index in [2.05, 4.69) is 12.1 Å². The Kier molecular flexibility index (Phi) is 3.67. The second-order valence-corrected chi connectivity index (χ2v) is 4.95. The summed E-state index contributed by atoms with van der Waals surface area (Å²) in [6.45, 7) is 0. The first-order chi connectivity index (χ1) is 10.7. The molecule has 0 atom stereocenters. The van der Waals surface area contributed by atoms with Gasteiger partial charge in [-0.25, -0.2) is 0 Å². The fourth-order valence-electron chi connectivity index (χ4n) is 2.68. The van der Waals surface area contributed by atoms with Gasteiger partial charge >= 0.3 is 0 Å². The van der Waals surface area contributed by atoms with Gasteiger partial charge in [-0.05, 0) is 35.0 Å². The Hall–Kier alpha value is -2.62. The molecule has 0 spiro atoms. The van der Waals surface area contributed by atoms with Crippen LogP contribution in [0.2, 0.25) is 0 Å². The molecule has 3 aromatic rings. The number of benzene rings is 3. The van der Waals surface area contributed by atoms with Crippen LogP contribution < -0.4 is 18.9 Å². The number of ether oxygens (including phenoxy) is 4. The zero-order valence-electron chi connectivity index (χ0n) is 13.1. The summed E-state index contributed by atoms with van der Waals surface area (Å²) >= 11 is 0. The maximum atomic E-state index is 5.49. The van der Waals surface area contributed by atoms with Crippen LogP contribution in [0.1, 0.15) is 0 Å². The minimum absolute atomic E-state index is 0.763. The lowest BCUT2D eigenvalue weighted by atomic mass is 10.0. The number of methoxy groups -OCH3 is 4. The maximum Gasteiger partial charge on any atom is 0.130 e. The zero-order chi connectivity index (χ0) is 15.7. The molecule has 0 fully saturated rings. The predicted octanol–water partition coefficient (Wildman–Crippen LogP) is 4.03. The molecule has 0 N–H and O–H groups in total. The van der Waals surface area contributed by atoms with Crippen molar-refractivity contribution in [2.75, 3.05) is 28.4 Å². The van der Waals surface area contributed by atoms with Crippen molar-refractivity contribution in [1.82, 2.24) is 0 Å². The van der Waals surface area contributed by atoms with Gasteiger partial charge in [0.2, 0.25) is 0 Å². The third kappa shape index (κ3) is 2.26. The van der Waals surface area contributed by atoms with Crippen LogP contribution in [-0.2, 0) is 0 Å². The second kappa shape index (κ2) is 5.64. The van der Waals surface area contributed by atoms with Crippen molar-refractivity contribution in [3.63, 3.8) is 0 Å². The standard InChI is InChI=1S/C18H18O4/c1-19-13-6-11-5-12-7-14(20-2)9-18(22-4)16(12)10-15(11)17(8-13)21-3/h5-10H,1-4H3. The van der Waals surface area contributed by atoms with Crippen LogP contribution in [0.5, 0.6) is 23.0 Å². The SMILES string of the molecule is COc1cc(OC)c2cc3c(OC)cc(OC)cc3cc2c1. The summed E-state index contributed by atoms with van der Waals surface area (Å²) in [4.78, 5) is 0. The number of rotatable bonds is 4. The molecule has 0 aliphatic carbocycles. The largest absolute Gasteiger partial charge is 0.497 e. The summed E-state index contributed by atoms with van der Waals surface area (Å²) in [6.07, 6.45) is 0. The van der Waals surface area contributed by atoms with Crippen molar-refractivity contribution < 1.29 is 18.9 Å². The Morgan fingerprint density at radius 1 is 0.500 bits per heavy atom. The monoisotopic (exact) mass is 298 g/mol. The van der Waals surface area contributed by atoms with E-state index in [0.29, 0.717) is 0 Å². The van der Waals surface area contributed by atoms with E-state index in [1.165, 1.54) is 0 Å². The topological polar surface area (TPSA) is 36.9 Å². The second-order valence-electron chi connectivity index (χ2n) is 4.95. The third-order valence-corrected chi connectivity index (χ3v) is 3.81. The molecule has 0 bridgehead atoms. The molecule has 4 nitrogen and oxygen atoms in total. The smallest absolute Gasteiger partial charge is 0.130 e. The van der Waals surface area contributed by atoms with E-state index in [1.807, 2.05) is 24.3 Å². The highest BCUT2D eigenvalue weighted by molar-refractivity contribution is 6.04. The van der Waals surface area contributed by atoms with E-state index in [9.17, 15) is 0 Å². The molecule has 0 amide bonds. The molecule has 0 saturated carbocycles. The molecule has 0 aliphatic rings. The molecule has 22 heavy (non-hydrogen) atoms. The Balaban J connectivity index is 2.39. The number of hydrogen-bond donors (Lipinski definition) is 0. The van der Waals surface area contributed by atoms with E-state index in [4.69, 9.17) is 18.9 Å². The lowest BCUT2D eigenvalue weighted by Crippen LogP contribution is -1.91. The number of fused-ring (bicyclic) bond motifs is 2. The molecule has 114 valence electrons. The van der Waals surface area contributed by atoms with Crippen molar-refractivity contribution in [1.29, 1.82) is 0 Å². The normalized spacial score (nSPS) is 10.7. The Morgan fingerprint density at radius 3 is 1.32 bits per heavy atom. The first-order valence-corrected chi connectivity index (χ1v) is 6.91. The first kappa shape index (κ1) is 14.3. The molecular weight excluding hydrogens is 280 g/mol. The van der Waals surface area contributed by atoms with E-state index >= 15 is 0 Å². The maximum absolute atomic E-state index is 5.49. The van der Waals surface area contributed by atoms with Gasteiger partial charge < -0.3 is 18.9 Å². The summed E-state index contributed by atoms with van der Waals surface area (Å²) in [5.74, 6) is 3.07. The van der Waals surface area contributed by atoms with Crippen molar-refractivity contribution in [2.24, 2.45) is 0 Å². The van der Waals surface area contributed by atoms with Gasteiger partial charge in [0, 0.05) is 22.9 Å². The molecule has 3 rings (SSSR count). The summed E-state index contributed by atoms with van der Waals surface area (Å²) < 4.78 is 21.7. The van der Waals surface area contributed by atoms with Gasteiger partial charge in [0.1, 0.15) is 23.0 Å². The molecule has 0 saturated heterocycles. The van der Waals surface area contributed by atoms with E-state index < -0.39 is 0 Å². The van der Waals surface area contributed by atoms with Gasteiger partial charge in [-0.1, -0.05) is 0 Å². The fraction of sp³-hybridized carbons (Fsp3) is 0.222. The van der Waals surface area contributed by atoms with Crippen molar-refractivity contribution in [2.45, 2.75) is 0 Å². The lowest BCUT2D eigenvalue weighted by Gasteiger charge is -2.13. The van der Waals surface area contributed by atoms with Gasteiger partial charge in [-0.3, -0.25) is 0 Å². The van der Waals surface area contributed by atoms with Crippen molar-refractivity contribution in [3.8, 4) is 23.0 Å². The molecular formula is C18H18O4. The highest BCUT2D eigenvalue weighted by Gasteiger charge is 2.11. The van der Waals surface area contributed by atoms with Gasteiger partial charge in [0.25, 0.3) is 0 Å². The van der Waals surface area contributed by atoms with Crippen molar-refractivity contribution >= 4 is 21.5 Å². The predicted molar refractivity (Wildman–Crippen MR) is 87.7 cm³/mol. The van der Waals surface area contributed by atoms with E-state index in [1.54, 1.807) is 28.4 Å². The molecule has 0 unspecified atom stereocenters. The molecule has 0 aromatic heterocycles. The molecule has 3 aromatic carbocycles. The van der Waals surface area contributed by atoms with Crippen LogP contribution in [-0.4, -0.2) is 28.4 Å². The van der Waals surface area contributed by atoms with Gasteiger partial charge in [-0.15, -0.1) is 0 Å². The summed E-state index contributed by atoms with van der Waals surface area (Å²) in [5, 5.41) is 4.11. The van der Waals surface area contributed by atoms with Crippen LogP contribution in [0.4, 0.5) is 0 Å². The molecule has 4 heteroatoms. The molecule has 0 aliphatic heterocycles. The Labute approximate surface area is 129 Å². The number of hydrogen-bond acceptors (Lipinski definition) is 4. The van der Waals surface area contributed by atoms with Crippen LogP contribution >= 0.6 is 0 Å². The van der Waals surface area contributed by atoms with Gasteiger partial charge in [0.05, 0.1) is 28.4 Å². The highest BCUT2D eigenvalue weighted by Crippen LogP contribution is 2.38. The van der Waals surface area contributed by atoms with E-state index in [-0.39, 0.29) is 0 Å². The summed E-state index contributed by atoms with van der Waals surface area (Å²) in [6, 6.07) is 11.9. The van der Waals surface area contributed by atoms with Crippen molar-refractivity contribution in [3.05, 3.63) is 36.4 Å². The van der Waals surface area contributed by atoms with Crippen LogP contribution in [0.3, 0.4) is 0 Å². The van der Waals surface area contributed by atoms with Gasteiger partial charge in [-0.2, -0.15) is 0 Å². The Bertz CT molecular complexity index is 772. The van der Waals surface area contributed by atoms with Crippen LogP contribution in [0, 0.1) is 0 Å².